The highest BCUT2D eigenvalue weighted by molar-refractivity contribution is 8.01. The first-order valence-corrected chi connectivity index (χ1v) is 9.42. The molecule has 118 valence electrons. The monoisotopic (exact) mass is 337 g/mol. The topological polar surface area (TPSA) is 83.6 Å². The number of rotatable bonds is 5. The molecule has 0 atom stereocenters. The van der Waals surface area contributed by atoms with E-state index in [4.69, 9.17) is 0 Å². The molecule has 0 unspecified atom stereocenters. The van der Waals surface area contributed by atoms with E-state index in [1.807, 2.05) is 6.07 Å². The lowest BCUT2D eigenvalue weighted by Gasteiger charge is -2.10. The van der Waals surface area contributed by atoms with Crippen LogP contribution in [0.1, 0.15) is 50.1 Å². The molecule has 2 aromatic heterocycles. The molecule has 1 aliphatic carbocycles. The largest absolute Gasteiger partial charge is 0.308 e. The van der Waals surface area contributed by atoms with Gasteiger partial charge in [-0.2, -0.15) is 5.10 Å². The first-order valence-electron chi connectivity index (χ1n) is 7.55. The van der Waals surface area contributed by atoms with Gasteiger partial charge in [0.15, 0.2) is 10.2 Å². The van der Waals surface area contributed by atoms with Crippen molar-refractivity contribution < 1.29 is 4.79 Å². The number of thioether (sulfide) groups is 1. The number of nitrogens with one attached hydrogen (secondary N) is 2. The molecular weight excluding hydrogens is 318 g/mol. The Balaban J connectivity index is 1.51. The van der Waals surface area contributed by atoms with Gasteiger partial charge in [0, 0.05) is 17.7 Å². The molecule has 2 aromatic rings. The molecule has 0 bridgehead atoms. The summed E-state index contributed by atoms with van der Waals surface area (Å²) < 4.78 is 0.802. The fourth-order valence-electron chi connectivity index (χ4n) is 2.73. The van der Waals surface area contributed by atoms with E-state index in [1.165, 1.54) is 61.6 Å². The number of carbonyl (C=O) groups is 1. The maximum Gasteiger partial charge on any atom is 0.236 e. The van der Waals surface area contributed by atoms with Crippen molar-refractivity contribution in [1.29, 1.82) is 0 Å². The summed E-state index contributed by atoms with van der Waals surface area (Å²) in [6.07, 6.45) is 7.65. The first kappa shape index (κ1) is 15.5. The fraction of sp³-hybridized carbons (Fsp3) is 0.571. The Hall–Kier alpha value is -1.41. The Morgan fingerprint density at radius 2 is 2.18 bits per heavy atom. The number of aromatic nitrogens is 4. The SMILES string of the molecule is O=C(CSc1nncs1)Nc1cc(C2CCCCCC2)[nH]n1. The van der Waals surface area contributed by atoms with Crippen LogP contribution in [-0.2, 0) is 4.79 Å². The van der Waals surface area contributed by atoms with Gasteiger partial charge in [-0.3, -0.25) is 9.89 Å². The summed E-state index contributed by atoms with van der Waals surface area (Å²) in [6, 6.07) is 1.98. The zero-order valence-electron chi connectivity index (χ0n) is 12.2. The van der Waals surface area contributed by atoms with Gasteiger partial charge in [0.25, 0.3) is 0 Å². The Bertz CT molecular complexity index is 590. The van der Waals surface area contributed by atoms with Crippen LogP contribution in [0.4, 0.5) is 5.82 Å². The Kier molecular flexibility index (Phi) is 5.44. The molecule has 3 rings (SSSR count). The van der Waals surface area contributed by atoms with Gasteiger partial charge in [0.2, 0.25) is 5.91 Å². The van der Waals surface area contributed by atoms with E-state index in [9.17, 15) is 4.79 Å². The number of anilines is 1. The third-order valence-corrected chi connectivity index (χ3v) is 5.69. The third kappa shape index (κ3) is 4.30. The van der Waals surface area contributed by atoms with Gasteiger partial charge < -0.3 is 5.32 Å². The van der Waals surface area contributed by atoms with Gasteiger partial charge in [-0.15, -0.1) is 10.2 Å². The van der Waals surface area contributed by atoms with Gasteiger partial charge in [0.05, 0.1) is 5.75 Å². The predicted octanol–water partition coefficient (Wildman–Crippen LogP) is 3.43. The lowest BCUT2D eigenvalue weighted by atomic mass is 9.97. The first-order chi connectivity index (χ1) is 10.8. The van der Waals surface area contributed by atoms with Crippen LogP contribution in [0.5, 0.6) is 0 Å². The van der Waals surface area contributed by atoms with Crippen molar-refractivity contribution in [3.63, 3.8) is 0 Å². The van der Waals surface area contributed by atoms with Crippen LogP contribution in [-0.4, -0.2) is 32.1 Å². The fourth-order valence-corrected chi connectivity index (χ4v) is 4.02. The molecular formula is C14H19N5OS2. The van der Waals surface area contributed by atoms with E-state index >= 15 is 0 Å². The molecule has 0 aromatic carbocycles. The van der Waals surface area contributed by atoms with E-state index in [0.29, 0.717) is 17.5 Å². The highest BCUT2D eigenvalue weighted by atomic mass is 32.2. The zero-order chi connectivity index (χ0) is 15.2. The number of nitrogens with zero attached hydrogens (tertiary/aromatic N) is 3. The van der Waals surface area contributed by atoms with Gasteiger partial charge in [-0.05, 0) is 12.8 Å². The van der Waals surface area contributed by atoms with Crippen molar-refractivity contribution in [3.05, 3.63) is 17.3 Å². The van der Waals surface area contributed by atoms with Crippen LogP contribution in [0.3, 0.4) is 0 Å². The van der Waals surface area contributed by atoms with Crippen molar-refractivity contribution in [2.45, 2.75) is 48.8 Å². The summed E-state index contributed by atoms with van der Waals surface area (Å²) in [7, 11) is 0. The molecule has 8 heteroatoms. The number of H-pyrrole nitrogens is 1. The molecule has 1 aliphatic rings. The second kappa shape index (κ2) is 7.73. The predicted molar refractivity (Wildman–Crippen MR) is 88.3 cm³/mol. The standard InChI is InChI=1S/C14H19N5OS2/c20-13(8-21-14-19-15-9-22-14)16-12-7-11(17-18-12)10-5-3-1-2-4-6-10/h7,9-10H,1-6,8H2,(H2,16,17,18,20). The van der Waals surface area contributed by atoms with E-state index in [-0.39, 0.29) is 5.91 Å². The lowest BCUT2D eigenvalue weighted by molar-refractivity contribution is -0.113. The van der Waals surface area contributed by atoms with E-state index in [2.05, 4.69) is 25.7 Å². The smallest absolute Gasteiger partial charge is 0.236 e. The third-order valence-electron chi connectivity index (χ3n) is 3.83. The summed E-state index contributed by atoms with van der Waals surface area (Å²) in [4.78, 5) is 11.9. The van der Waals surface area contributed by atoms with Gasteiger partial charge in [-0.1, -0.05) is 48.8 Å². The highest BCUT2D eigenvalue weighted by Gasteiger charge is 2.17. The molecule has 1 saturated carbocycles. The Labute approximate surface area is 137 Å². The lowest BCUT2D eigenvalue weighted by Crippen LogP contribution is -2.14. The molecule has 1 fully saturated rings. The van der Waals surface area contributed by atoms with Crippen LogP contribution < -0.4 is 5.32 Å². The summed E-state index contributed by atoms with van der Waals surface area (Å²) in [6.45, 7) is 0. The molecule has 0 spiro atoms. The number of amides is 1. The average molecular weight is 337 g/mol. The van der Waals surface area contributed by atoms with Gasteiger partial charge >= 0.3 is 0 Å². The summed E-state index contributed by atoms with van der Waals surface area (Å²) >= 11 is 2.82. The maximum absolute atomic E-state index is 11.9. The molecule has 0 radical (unpaired) electrons. The van der Waals surface area contributed by atoms with E-state index in [1.54, 1.807) is 5.51 Å². The van der Waals surface area contributed by atoms with E-state index < -0.39 is 0 Å². The summed E-state index contributed by atoms with van der Waals surface area (Å²) in [5, 5.41) is 17.8. The minimum atomic E-state index is -0.0703. The van der Waals surface area contributed by atoms with Crippen molar-refractivity contribution in [3.8, 4) is 0 Å². The van der Waals surface area contributed by atoms with Crippen molar-refractivity contribution in [1.82, 2.24) is 20.4 Å². The normalized spacial score (nSPS) is 16.4. The second-order valence-corrected chi connectivity index (χ2v) is 7.49. The van der Waals surface area contributed by atoms with Crippen LogP contribution in [0, 0.1) is 0 Å². The Morgan fingerprint density at radius 1 is 1.36 bits per heavy atom. The Morgan fingerprint density at radius 3 is 2.91 bits per heavy atom. The molecule has 22 heavy (non-hydrogen) atoms. The van der Waals surface area contributed by atoms with Crippen molar-refractivity contribution >= 4 is 34.8 Å². The molecule has 2 N–H and O–H groups in total. The number of carbonyl (C=O) groups excluding carboxylic acids is 1. The molecule has 0 aliphatic heterocycles. The van der Waals surface area contributed by atoms with Crippen LogP contribution >= 0.6 is 23.1 Å². The zero-order valence-corrected chi connectivity index (χ0v) is 13.9. The van der Waals surface area contributed by atoms with E-state index in [0.717, 1.165) is 10.0 Å². The van der Waals surface area contributed by atoms with Gasteiger partial charge in [-0.25, -0.2) is 0 Å². The molecule has 6 nitrogen and oxygen atoms in total. The summed E-state index contributed by atoms with van der Waals surface area (Å²) in [5.74, 6) is 1.42. The maximum atomic E-state index is 11.9. The van der Waals surface area contributed by atoms with Crippen LogP contribution in [0.25, 0.3) is 0 Å². The minimum Gasteiger partial charge on any atom is -0.308 e. The van der Waals surface area contributed by atoms with Gasteiger partial charge in [0.1, 0.15) is 5.51 Å². The number of hydrogen-bond acceptors (Lipinski definition) is 6. The molecule has 0 saturated heterocycles. The summed E-state index contributed by atoms with van der Waals surface area (Å²) in [5.41, 5.74) is 2.81. The van der Waals surface area contributed by atoms with Crippen molar-refractivity contribution in [2.24, 2.45) is 0 Å². The van der Waals surface area contributed by atoms with Crippen LogP contribution in [0.2, 0.25) is 0 Å². The van der Waals surface area contributed by atoms with Crippen molar-refractivity contribution in [2.75, 3.05) is 11.1 Å². The quantitative estimate of drug-likeness (QED) is 0.645. The average Bonchev–Trinajstić information content (AvgIpc) is 3.12. The van der Waals surface area contributed by atoms with Crippen LogP contribution in [0.15, 0.2) is 15.9 Å². The number of hydrogen-bond donors (Lipinski definition) is 2. The number of aromatic amines is 1. The second-order valence-electron chi connectivity index (χ2n) is 5.44. The molecule has 1 amide bonds. The highest BCUT2D eigenvalue weighted by Crippen LogP contribution is 2.31. The molecule has 2 heterocycles. The minimum absolute atomic E-state index is 0.0703.